The van der Waals surface area contributed by atoms with E-state index in [1.54, 1.807) is 22.3 Å². The molecule has 1 aliphatic carbocycles. The summed E-state index contributed by atoms with van der Waals surface area (Å²) in [4.78, 5) is 15.4. The summed E-state index contributed by atoms with van der Waals surface area (Å²) in [5.41, 5.74) is 0.341. The molecule has 5 rings (SSSR count). The Morgan fingerprint density at radius 1 is 1.29 bits per heavy atom. The molecular formula is C16H15N5O2S. The Hall–Kier alpha value is -2.48. The molecule has 0 saturated heterocycles. The highest BCUT2D eigenvalue weighted by Gasteiger charge is 2.33. The minimum absolute atomic E-state index is 0.122. The van der Waals surface area contributed by atoms with Crippen molar-refractivity contribution in [2.24, 2.45) is 0 Å². The van der Waals surface area contributed by atoms with Crippen LogP contribution in [0.3, 0.4) is 0 Å². The molecule has 0 N–H and O–H groups in total. The van der Waals surface area contributed by atoms with Crippen LogP contribution in [0, 0.1) is 0 Å². The molecule has 122 valence electrons. The van der Waals surface area contributed by atoms with Crippen molar-refractivity contribution in [2.75, 3.05) is 6.54 Å². The number of hydrogen-bond donors (Lipinski definition) is 0. The third kappa shape index (κ3) is 2.25. The zero-order valence-corrected chi connectivity index (χ0v) is 13.7. The highest BCUT2D eigenvalue weighted by Crippen LogP contribution is 2.39. The van der Waals surface area contributed by atoms with Gasteiger partial charge in [0.25, 0.3) is 5.91 Å². The van der Waals surface area contributed by atoms with Crippen molar-refractivity contribution >= 4 is 17.2 Å². The van der Waals surface area contributed by atoms with E-state index in [2.05, 4.69) is 19.9 Å². The van der Waals surface area contributed by atoms with Crippen LogP contribution in [0.5, 0.6) is 0 Å². The average Bonchev–Trinajstić information content (AvgIpc) is 3.06. The van der Waals surface area contributed by atoms with Gasteiger partial charge in [0.2, 0.25) is 0 Å². The fourth-order valence-electron chi connectivity index (χ4n) is 3.07. The lowest BCUT2D eigenvalue weighted by Crippen LogP contribution is -2.38. The van der Waals surface area contributed by atoms with Crippen molar-refractivity contribution in [3.05, 3.63) is 40.9 Å². The summed E-state index contributed by atoms with van der Waals surface area (Å²) < 4.78 is 7.48. The van der Waals surface area contributed by atoms with E-state index in [9.17, 15) is 4.79 Å². The quantitative estimate of drug-likeness (QED) is 0.731. The van der Waals surface area contributed by atoms with Gasteiger partial charge in [0.05, 0.1) is 11.4 Å². The second-order valence-electron chi connectivity index (χ2n) is 6.18. The van der Waals surface area contributed by atoms with Gasteiger partial charge in [-0.2, -0.15) is 0 Å². The summed E-state index contributed by atoms with van der Waals surface area (Å²) in [7, 11) is 0. The molecule has 7 nitrogen and oxygen atoms in total. The van der Waals surface area contributed by atoms with E-state index < -0.39 is 0 Å². The first-order valence-corrected chi connectivity index (χ1v) is 8.89. The van der Waals surface area contributed by atoms with E-state index in [1.807, 2.05) is 17.5 Å². The highest BCUT2D eigenvalue weighted by atomic mass is 32.1. The van der Waals surface area contributed by atoms with Crippen molar-refractivity contribution in [2.45, 2.75) is 31.8 Å². The van der Waals surface area contributed by atoms with E-state index in [-0.39, 0.29) is 5.91 Å². The van der Waals surface area contributed by atoms with Crippen LogP contribution >= 0.6 is 11.3 Å². The van der Waals surface area contributed by atoms with Crippen molar-refractivity contribution in [1.29, 1.82) is 0 Å². The predicted molar refractivity (Wildman–Crippen MR) is 86.6 cm³/mol. The van der Waals surface area contributed by atoms with Crippen LogP contribution < -0.4 is 0 Å². The molecule has 1 amide bonds. The molecule has 4 heterocycles. The normalized spacial score (nSPS) is 17.1. The molecule has 0 spiro atoms. The summed E-state index contributed by atoms with van der Waals surface area (Å²) in [5, 5.41) is 14.5. The summed E-state index contributed by atoms with van der Waals surface area (Å²) in [5.74, 6) is 3.02. The molecule has 1 fully saturated rings. The molecule has 0 aromatic carbocycles. The van der Waals surface area contributed by atoms with Crippen molar-refractivity contribution in [3.63, 3.8) is 0 Å². The van der Waals surface area contributed by atoms with Gasteiger partial charge < -0.3 is 14.0 Å². The van der Waals surface area contributed by atoms with E-state index in [1.165, 1.54) is 12.8 Å². The first-order chi connectivity index (χ1) is 11.8. The first-order valence-electron chi connectivity index (χ1n) is 8.01. The third-order valence-electron chi connectivity index (χ3n) is 4.50. The molecule has 0 atom stereocenters. The largest absolute Gasteiger partial charge is 0.355 e. The van der Waals surface area contributed by atoms with Gasteiger partial charge in [-0.3, -0.25) is 4.79 Å². The lowest BCUT2D eigenvalue weighted by atomic mass is 10.2. The number of aromatic nitrogens is 4. The summed E-state index contributed by atoms with van der Waals surface area (Å²) in [6.45, 7) is 1.86. The van der Waals surface area contributed by atoms with Gasteiger partial charge >= 0.3 is 0 Å². The highest BCUT2D eigenvalue weighted by molar-refractivity contribution is 7.13. The third-order valence-corrected chi connectivity index (χ3v) is 5.39. The van der Waals surface area contributed by atoms with Gasteiger partial charge in [-0.25, -0.2) is 0 Å². The van der Waals surface area contributed by atoms with Crippen molar-refractivity contribution < 1.29 is 9.32 Å². The van der Waals surface area contributed by atoms with Crippen molar-refractivity contribution in [1.82, 2.24) is 24.8 Å². The van der Waals surface area contributed by atoms with Gasteiger partial charge in [0, 0.05) is 25.1 Å². The van der Waals surface area contributed by atoms with E-state index in [4.69, 9.17) is 4.52 Å². The topological polar surface area (TPSA) is 77.0 Å². The Morgan fingerprint density at radius 3 is 3.00 bits per heavy atom. The zero-order chi connectivity index (χ0) is 16.1. The standard InChI is InChI=1S/C16H15N5O2S/c22-16(11-8-12(23-19-11)13-2-1-7-24-13)20-5-6-21-14(9-20)17-18-15(21)10-3-4-10/h1-2,7-8,10H,3-6,9H2. The number of carbonyl (C=O) groups excluding carboxylic acids is 1. The number of amides is 1. The van der Waals surface area contributed by atoms with Gasteiger partial charge in [0.15, 0.2) is 17.3 Å². The molecule has 2 aliphatic rings. The van der Waals surface area contributed by atoms with E-state index in [0.717, 1.165) is 23.1 Å². The summed E-state index contributed by atoms with van der Waals surface area (Å²) >= 11 is 1.56. The van der Waals surface area contributed by atoms with Gasteiger partial charge in [-0.15, -0.1) is 21.5 Å². The van der Waals surface area contributed by atoms with Crippen LogP contribution in [-0.2, 0) is 13.1 Å². The van der Waals surface area contributed by atoms with Gasteiger partial charge in [-0.1, -0.05) is 11.2 Å². The van der Waals surface area contributed by atoms with Crippen molar-refractivity contribution in [3.8, 4) is 10.6 Å². The minimum atomic E-state index is -0.122. The Bertz CT molecular complexity index is 894. The molecule has 0 radical (unpaired) electrons. The van der Waals surface area contributed by atoms with Crippen LogP contribution in [0.1, 0.15) is 40.9 Å². The molecule has 1 saturated carbocycles. The fourth-order valence-corrected chi connectivity index (χ4v) is 3.74. The molecule has 3 aromatic heterocycles. The summed E-state index contributed by atoms with van der Waals surface area (Å²) in [6, 6.07) is 5.60. The molecule has 3 aromatic rings. The van der Waals surface area contributed by atoms with E-state index >= 15 is 0 Å². The smallest absolute Gasteiger partial charge is 0.276 e. The van der Waals surface area contributed by atoms with Gasteiger partial charge in [0.1, 0.15) is 5.82 Å². The maximum atomic E-state index is 12.7. The lowest BCUT2D eigenvalue weighted by Gasteiger charge is -2.27. The number of thiophene rings is 1. The van der Waals surface area contributed by atoms with Crippen LogP contribution in [0.15, 0.2) is 28.1 Å². The maximum Gasteiger partial charge on any atom is 0.276 e. The number of rotatable bonds is 3. The Morgan fingerprint density at radius 2 is 2.21 bits per heavy atom. The second kappa shape index (κ2) is 5.27. The number of carbonyl (C=O) groups is 1. The maximum absolute atomic E-state index is 12.7. The predicted octanol–water partition coefficient (Wildman–Crippen LogP) is 2.53. The minimum Gasteiger partial charge on any atom is -0.355 e. The average molecular weight is 341 g/mol. The molecular weight excluding hydrogens is 326 g/mol. The molecule has 1 aliphatic heterocycles. The SMILES string of the molecule is O=C(c1cc(-c2cccs2)on1)N1CCn2c(nnc2C2CC2)C1. The molecule has 0 bridgehead atoms. The summed E-state index contributed by atoms with van der Waals surface area (Å²) in [6.07, 6.45) is 2.40. The zero-order valence-electron chi connectivity index (χ0n) is 12.9. The van der Waals surface area contributed by atoms with E-state index in [0.29, 0.717) is 30.5 Å². The second-order valence-corrected chi connectivity index (χ2v) is 7.13. The van der Waals surface area contributed by atoms with Crippen LogP contribution in [-0.4, -0.2) is 37.3 Å². The number of fused-ring (bicyclic) bond motifs is 1. The Kier molecular flexibility index (Phi) is 3.05. The molecule has 24 heavy (non-hydrogen) atoms. The Balaban J connectivity index is 1.36. The van der Waals surface area contributed by atoms with Crippen LogP contribution in [0.4, 0.5) is 0 Å². The number of hydrogen-bond acceptors (Lipinski definition) is 6. The van der Waals surface area contributed by atoms with Gasteiger partial charge in [-0.05, 0) is 24.3 Å². The fraction of sp³-hybridized carbons (Fsp3) is 0.375. The van der Waals surface area contributed by atoms with Crippen LogP contribution in [0.2, 0.25) is 0 Å². The molecule has 8 heteroatoms. The Labute approximate surface area is 141 Å². The van der Waals surface area contributed by atoms with Crippen LogP contribution in [0.25, 0.3) is 10.6 Å². The lowest BCUT2D eigenvalue weighted by molar-refractivity contribution is 0.0696. The molecule has 0 unspecified atom stereocenters. The number of nitrogens with zero attached hydrogens (tertiary/aromatic N) is 5. The monoisotopic (exact) mass is 341 g/mol. The first kappa shape index (κ1) is 13.9.